The van der Waals surface area contributed by atoms with Crippen LogP contribution in [0.3, 0.4) is 0 Å². The van der Waals surface area contributed by atoms with Crippen molar-refractivity contribution in [3.05, 3.63) is 101 Å². The Kier molecular flexibility index (Phi) is 7.84. The van der Waals surface area contributed by atoms with Gasteiger partial charge in [-0.05, 0) is 61.9 Å². The summed E-state index contributed by atoms with van der Waals surface area (Å²) in [6, 6.07) is 26.2. The molecular weight excluding hydrogens is 490 g/mol. The largest absolute Gasteiger partial charge is 0.325 e. The number of carbonyl (C=O) groups is 2. The quantitative estimate of drug-likeness (QED) is 0.210. The van der Waals surface area contributed by atoms with E-state index < -0.39 is 0 Å². The number of nitrogens with one attached hydrogen (secondary N) is 1. The lowest BCUT2D eigenvalue weighted by molar-refractivity contribution is -0.113. The summed E-state index contributed by atoms with van der Waals surface area (Å²) in [5.74, 6) is -0.216. The zero-order valence-corrected chi connectivity index (χ0v) is 21.3. The van der Waals surface area contributed by atoms with Crippen LogP contribution in [-0.2, 0) is 4.79 Å². The second-order valence-electron chi connectivity index (χ2n) is 8.19. The fourth-order valence-electron chi connectivity index (χ4n) is 3.58. The predicted octanol–water partition coefficient (Wildman–Crippen LogP) is 7.18. The van der Waals surface area contributed by atoms with E-state index in [4.69, 9.17) is 16.6 Å². The first-order chi connectivity index (χ1) is 17.3. The molecule has 0 unspecified atom stereocenters. The normalized spacial score (nSPS) is 10.5. The average molecular weight is 512 g/mol. The Bertz CT molecular complexity index is 1460. The first-order valence-corrected chi connectivity index (χ1v) is 12.5. The van der Waals surface area contributed by atoms with Crippen LogP contribution in [0.15, 0.2) is 83.9 Å². The molecule has 0 aliphatic rings. The van der Waals surface area contributed by atoms with Crippen LogP contribution in [0.4, 0.5) is 5.69 Å². The van der Waals surface area contributed by atoms with Gasteiger partial charge in [-0.15, -0.1) is 0 Å². The van der Waals surface area contributed by atoms with E-state index in [2.05, 4.69) is 11.4 Å². The third kappa shape index (κ3) is 6.01. The molecule has 0 saturated heterocycles. The van der Waals surface area contributed by atoms with Crippen LogP contribution in [0.2, 0.25) is 5.02 Å². The number of thioether (sulfide) groups is 1. The number of benzene rings is 3. The third-order valence-corrected chi connectivity index (χ3v) is 6.74. The van der Waals surface area contributed by atoms with Gasteiger partial charge in [0.25, 0.3) is 0 Å². The van der Waals surface area contributed by atoms with E-state index in [-0.39, 0.29) is 17.4 Å². The van der Waals surface area contributed by atoms with Crippen LogP contribution in [0.1, 0.15) is 28.4 Å². The third-order valence-electron chi connectivity index (χ3n) is 5.52. The minimum atomic E-state index is -0.241. The topological polar surface area (TPSA) is 82.8 Å². The van der Waals surface area contributed by atoms with Crippen LogP contribution in [-0.4, -0.2) is 22.4 Å². The number of carbonyl (C=O) groups excluding carboxylic acids is 2. The Hall–Kier alpha value is -3.92. The molecule has 7 heteroatoms. The second-order valence-corrected chi connectivity index (χ2v) is 9.59. The highest BCUT2D eigenvalue weighted by Gasteiger charge is 2.17. The molecule has 3 aromatic carbocycles. The first kappa shape index (κ1) is 25.2. The summed E-state index contributed by atoms with van der Waals surface area (Å²) in [5, 5.41) is 13.9. The molecule has 0 spiro atoms. The van der Waals surface area contributed by atoms with Gasteiger partial charge in [0.15, 0.2) is 5.78 Å². The number of anilines is 1. The van der Waals surface area contributed by atoms with Crippen molar-refractivity contribution >= 4 is 40.7 Å². The molecular formula is C29H22ClN3O2S. The number of rotatable bonds is 7. The Morgan fingerprint density at radius 1 is 0.972 bits per heavy atom. The molecule has 178 valence electrons. The number of aromatic nitrogens is 1. The number of Topliss-reactive ketones (excluding diaryl/α,β-unsaturated/α-hetero) is 1. The van der Waals surface area contributed by atoms with Crippen molar-refractivity contribution in [2.45, 2.75) is 18.9 Å². The number of hydrogen-bond acceptors (Lipinski definition) is 5. The van der Waals surface area contributed by atoms with Gasteiger partial charge in [0.2, 0.25) is 5.91 Å². The summed E-state index contributed by atoms with van der Waals surface area (Å²) in [5.41, 5.74) is 5.89. The van der Waals surface area contributed by atoms with Crippen molar-refractivity contribution in [1.82, 2.24) is 4.98 Å². The molecule has 4 rings (SSSR count). The molecule has 0 aliphatic carbocycles. The van der Waals surface area contributed by atoms with Gasteiger partial charge in [0.1, 0.15) is 11.1 Å². The van der Waals surface area contributed by atoms with Crippen molar-refractivity contribution in [1.29, 1.82) is 5.26 Å². The van der Waals surface area contributed by atoms with E-state index in [1.165, 1.54) is 18.7 Å². The predicted molar refractivity (Wildman–Crippen MR) is 145 cm³/mol. The van der Waals surface area contributed by atoms with E-state index in [1.54, 1.807) is 36.4 Å². The van der Waals surface area contributed by atoms with Crippen molar-refractivity contribution in [3.8, 4) is 28.5 Å². The number of nitrogens with zero attached hydrogens (tertiary/aromatic N) is 2. The molecule has 36 heavy (non-hydrogen) atoms. The summed E-state index contributed by atoms with van der Waals surface area (Å²) in [4.78, 5) is 28.9. The summed E-state index contributed by atoms with van der Waals surface area (Å²) in [6.07, 6.45) is 0. The summed E-state index contributed by atoms with van der Waals surface area (Å²) >= 11 is 7.28. The smallest absolute Gasteiger partial charge is 0.234 e. The molecule has 1 aromatic heterocycles. The summed E-state index contributed by atoms with van der Waals surface area (Å²) in [7, 11) is 0. The number of aryl methyl sites for hydroxylation is 1. The maximum atomic E-state index is 12.7. The fraction of sp³-hybridized carbons (Fsp3) is 0.103. The van der Waals surface area contributed by atoms with Gasteiger partial charge in [0, 0.05) is 27.4 Å². The number of pyridine rings is 1. The number of hydrogen-bond donors (Lipinski definition) is 1. The maximum Gasteiger partial charge on any atom is 0.234 e. The summed E-state index contributed by atoms with van der Waals surface area (Å²) < 4.78 is 0. The molecule has 0 radical (unpaired) electrons. The zero-order chi connectivity index (χ0) is 25.7. The van der Waals surface area contributed by atoms with Crippen LogP contribution in [0, 0.1) is 18.3 Å². The molecule has 1 amide bonds. The Morgan fingerprint density at radius 3 is 2.22 bits per heavy atom. The Morgan fingerprint density at radius 2 is 1.61 bits per heavy atom. The highest BCUT2D eigenvalue weighted by atomic mass is 35.5. The van der Waals surface area contributed by atoms with Gasteiger partial charge in [-0.25, -0.2) is 4.98 Å². The fourth-order valence-corrected chi connectivity index (χ4v) is 4.51. The molecule has 0 atom stereocenters. The molecule has 0 saturated carbocycles. The van der Waals surface area contributed by atoms with E-state index in [1.807, 2.05) is 49.4 Å². The van der Waals surface area contributed by atoms with E-state index in [9.17, 15) is 14.9 Å². The highest BCUT2D eigenvalue weighted by Crippen LogP contribution is 2.34. The Labute approximate surface area is 219 Å². The van der Waals surface area contributed by atoms with Gasteiger partial charge < -0.3 is 5.32 Å². The highest BCUT2D eigenvalue weighted by molar-refractivity contribution is 8.00. The lowest BCUT2D eigenvalue weighted by Crippen LogP contribution is -2.14. The van der Waals surface area contributed by atoms with E-state index in [0.717, 1.165) is 22.3 Å². The van der Waals surface area contributed by atoms with Crippen molar-refractivity contribution in [3.63, 3.8) is 0 Å². The average Bonchev–Trinajstić information content (AvgIpc) is 2.88. The van der Waals surface area contributed by atoms with Crippen LogP contribution < -0.4 is 5.32 Å². The standard InChI is InChI=1S/C29H22ClN3O2S/c1-18-3-5-22(6-4-18)27-15-25(21-7-11-23(30)12-8-21)26(16-31)29(33-27)36-17-28(35)32-24-13-9-20(10-14-24)19(2)34/h3-15H,17H2,1-2H3,(H,32,35). The molecule has 4 aromatic rings. The van der Waals surface area contributed by atoms with E-state index in [0.29, 0.717) is 32.6 Å². The van der Waals surface area contributed by atoms with Gasteiger partial charge in [-0.2, -0.15) is 5.26 Å². The Balaban J connectivity index is 1.64. The lowest BCUT2D eigenvalue weighted by atomic mass is 9.99. The van der Waals surface area contributed by atoms with Gasteiger partial charge in [0.05, 0.1) is 17.0 Å². The van der Waals surface area contributed by atoms with Gasteiger partial charge in [-0.3, -0.25) is 9.59 Å². The number of nitriles is 1. The molecule has 0 bridgehead atoms. The molecule has 5 nitrogen and oxygen atoms in total. The second kappa shape index (κ2) is 11.2. The first-order valence-electron chi connectivity index (χ1n) is 11.2. The number of ketones is 1. The van der Waals surface area contributed by atoms with Gasteiger partial charge >= 0.3 is 0 Å². The van der Waals surface area contributed by atoms with E-state index >= 15 is 0 Å². The minimum absolute atomic E-state index is 0.0384. The SMILES string of the molecule is CC(=O)c1ccc(NC(=O)CSc2nc(-c3ccc(C)cc3)cc(-c3ccc(Cl)cc3)c2C#N)cc1. The molecule has 1 heterocycles. The number of halogens is 1. The zero-order valence-electron chi connectivity index (χ0n) is 19.7. The van der Waals surface area contributed by atoms with Crippen molar-refractivity contribution in [2.75, 3.05) is 11.1 Å². The molecule has 1 N–H and O–H groups in total. The summed E-state index contributed by atoms with van der Waals surface area (Å²) in [6.45, 7) is 3.51. The van der Waals surface area contributed by atoms with Gasteiger partial charge in [-0.1, -0.05) is 65.3 Å². The monoisotopic (exact) mass is 511 g/mol. The lowest BCUT2D eigenvalue weighted by Gasteiger charge is -2.13. The molecule has 0 fully saturated rings. The molecule has 0 aliphatic heterocycles. The minimum Gasteiger partial charge on any atom is -0.325 e. The van der Waals surface area contributed by atoms with Crippen LogP contribution >= 0.6 is 23.4 Å². The van der Waals surface area contributed by atoms with Crippen molar-refractivity contribution in [2.24, 2.45) is 0 Å². The van der Waals surface area contributed by atoms with Crippen molar-refractivity contribution < 1.29 is 9.59 Å². The van der Waals surface area contributed by atoms with Crippen LogP contribution in [0.5, 0.6) is 0 Å². The van der Waals surface area contributed by atoms with Crippen LogP contribution in [0.25, 0.3) is 22.4 Å². The maximum absolute atomic E-state index is 12.7. The number of amides is 1.